The summed E-state index contributed by atoms with van der Waals surface area (Å²) in [5.74, 6) is -1.50. The van der Waals surface area contributed by atoms with E-state index in [1.54, 1.807) is 30.3 Å². The predicted octanol–water partition coefficient (Wildman–Crippen LogP) is 4.19. The van der Waals surface area contributed by atoms with Gasteiger partial charge in [-0.2, -0.15) is 0 Å². The Hall–Kier alpha value is -2.40. The summed E-state index contributed by atoms with van der Waals surface area (Å²) in [6.45, 7) is 0. The third kappa shape index (κ3) is 5.71. The fourth-order valence-electron chi connectivity index (χ4n) is 1.85. The molecule has 0 unspecified atom stereocenters. The number of hydrogen-bond donors (Lipinski definition) is 1. The van der Waals surface area contributed by atoms with E-state index in [1.165, 1.54) is 18.2 Å². The van der Waals surface area contributed by atoms with Crippen LogP contribution in [0.4, 0.5) is 10.1 Å². The number of rotatable bonds is 6. The molecule has 120 valence electrons. The first-order valence-electron chi connectivity index (χ1n) is 7.05. The summed E-state index contributed by atoms with van der Waals surface area (Å²) in [6.07, 6.45) is 0.504. The molecule has 0 atom stereocenters. The molecule has 2 aromatic carbocycles. The van der Waals surface area contributed by atoms with Crippen molar-refractivity contribution in [3.8, 4) is 5.75 Å². The van der Waals surface area contributed by atoms with E-state index in [4.69, 9.17) is 16.3 Å². The molecule has 2 aromatic rings. The van der Waals surface area contributed by atoms with E-state index in [-0.39, 0.29) is 24.5 Å². The third-order valence-electron chi connectivity index (χ3n) is 2.97. The SMILES string of the molecule is O=C(CCCC(=O)Oc1ccccc1F)Nc1ccc(Cl)cc1. The van der Waals surface area contributed by atoms with E-state index >= 15 is 0 Å². The van der Waals surface area contributed by atoms with Gasteiger partial charge in [0.15, 0.2) is 11.6 Å². The van der Waals surface area contributed by atoms with E-state index in [9.17, 15) is 14.0 Å². The summed E-state index contributed by atoms with van der Waals surface area (Å²) in [5, 5.41) is 3.27. The van der Waals surface area contributed by atoms with Crippen molar-refractivity contribution in [2.45, 2.75) is 19.3 Å². The number of halogens is 2. The summed E-state index contributed by atoms with van der Waals surface area (Å²) in [6, 6.07) is 12.4. The van der Waals surface area contributed by atoms with E-state index in [1.807, 2.05) is 0 Å². The molecular weight excluding hydrogens is 321 g/mol. The number of para-hydroxylation sites is 1. The minimum Gasteiger partial charge on any atom is -0.423 e. The van der Waals surface area contributed by atoms with E-state index < -0.39 is 11.8 Å². The van der Waals surface area contributed by atoms with Gasteiger partial charge in [0, 0.05) is 23.6 Å². The number of ether oxygens (including phenoxy) is 1. The molecule has 6 heteroatoms. The van der Waals surface area contributed by atoms with E-state index in [2.05, 4.69) is 5.32 Å². The van der Waals surface area contributed by atoms with Crippen molar-refractivity contribution in [2.75, 3.05) is 5.32 Å². The third-order valence-corrected chi connectivity index (χ3v) is 3.23. The van der Waals surface area contributed by atoms with Gasteiger partial charge in [0.05, 0.1) is 0 Å². The van der Waals surface area contributed by atoms with Gasteiger partial charge in [-0.1, -0.05) is 23.7 Å². The lowest BCUT2D eigenvalue weighted by Gasteiger charge is -2.06. The lowest BCUT2D eigenvalue weighted by molar-refractivity contribution is -0.134. The molecule has 0 fully saturated rings. The second-order valence-corrected chi connectivity index (χ2v) is 5.25. The summed E-state index contributed by atoms with van der Waals surface area (Å²) < 4.78 is 18.2. The van der Waals surface area contributed by atoms with Crippen LogP contribution in [0.2, 0.25) is 5.02 Å². The lowest BCUT2D eigenvalue weighted by Crippen LogP contribution is -2.13. The molecule has 0 saturated carbocycles. The largest absolute Gasteiger partial charge is 0.423 e. The van der Waals surface area contributed by atoms with Crippen LogP contribution in [-0.4, -0.2) is 11.9 Å². The molecule has 0 heterocycles. The van der Waals surface area contributed by atoms with Gasteiger partial charge in [-0.3, -0.25) is 9.59 Å². The van der Waals surface area contributed by atoms with Crippen molar-refractivity contribution in [3.05, 3.63) is 59.4 Å². The predicted molar refractivity (Wildman–Crippen MR) is 86.0 cm³/mol. The van der Waals surface area contributed by atoms with Gasteiger partial charge in [0.25, 0.3) is 0 Å². The Balaban J connectivity index is 1.72. The molecular formula is C17H15ClFNO3. The molecule has 0 aliphatic rings. The number of anilines is 1. The maximum Gasteiger partial charge on any atom is 0.311 e. The Bertz CT molecular complexity index is 688. The fourth-order valence-corrected chi connectivity index (χ4v) is 1.98. The highest BCUT2D eigenvalue weighted by Gasteiger charge is 2.10. The van der Waals surface area contributed by atoms with Crippen LogP contribution >= 0.6 is 11.6 Å². The normalized spacial score (nSPS) is 10.2. The highest BCUT2D eigenvalue weighted by molar-refractivity contribution is 6.30. The molecule has 4 nitrogen and oxygen atoms in total. The molecule has 0 aliphatic carbocycles. The second kappa shape index (κ2) is 8.29. The van der Waals surface area contributed by atoms with Gasteiger partial charge in [0.2, 0.25) is 5.91 Å². The molecule has 2 rings (SSSR count). The molecule has 1 N–H and O–H groups in total. The Kier molecular flexibility index (Phi) is 6.11. The second-order valence-electron chi connectivity index (χ2n) is 4.81. The first-order chi connectivity index (χ1) is 11.0. The summed E-state index contributed by atoms with van der Waals surface area (Å²) in [5.41, 5.74) is 0.633. The fraction of sp³-hybridized carbons (Fsp3) is 0.176. The van der Waals surface area contributed by atoms with Gasteiger partial charge in [-0.15, -0.1) is 0 Å². The smallest absolute Gasteiger partial charge is 0.311 e. The average Bonchev–Trinajstić information content (AvgIpc) is 2.52. The number of carbonyl (C=O) groups is 2. The monoisotopic (exact) mass is 335 g/mol. The standard InChI is InChI=1S/C17H15ClFNO3/c18-12-8-10-13(11-9-12)20-16(21)6-3-7-17(22)23-15-5-2-1-4-14(15)19/h1-2,4-5,8-11H,3,6-7H2,(H,20,21). The number of benzene rings is 2. The number of esters is 1. The van der Waals surface area contributed by atoms with Crippen molar-refractivity contribution >= 4 is 29.2 Å². The summed E-state index contributed by atoms with van der Waals surface area (Å²) in [4.78, 5) is 23.3. The number of hydrogen-bond acceptors (Lipinski definition) is 3. The van der Waals surface area contributed by atoms with Gasteiger partial charge in [0.1, 0.15) is 0 Å². The highest BCUT2D eigenvalue weighted by Crippen LogP contribution is 2.17. The first-order valence-corrected chi connectivity index (χ1v) is 7.43. The Labute approximate surface area is 138 Å². The van der Waals surface area contributed by atoms with Crippen molar-refractivity contribution in [1.29, 1.82) is 0 Å². The van der Waals surface area contributed by atoms with Gasteiger partial charge < -0.3 is 10.1 Å². The summed E-state index contributed by atoms with van der Waals surface area (Å²) >= 11 is 5.75. The van der Waals surface area contributed by atoms with Crippen LogP contribution in [0.25, 0.3) is 0 Å². The lowest BCUT2D eigenvalue weighted by atomic mass is 10.2. The van der Waals surface area contributed by atoms with Crippen LogP contribution < -0.4 is 10.1 Å². The number of nitrogens with one attached hydrogen (secondary N) is 1. The van der Waals surface area contributed by atoms with E-state index in [0.717, 1.165) is 0 Å². The molecule has 0 radical (unpaired) electrons. The average molecular weight is 336 g/mol. The van der Waals surface area contributed by atoms with Crippen LogP contribution in [0, 0.1) is 5.82 Å². The van der Waals surface area contributed by atoms with Gasteiger partial charge in [-0.25, -0.2) is 4.39 Å². The van der Waals surface area contributed by atoms with Crippen molar-refractivity contribution < 1.29 is 18.7 Å². The zero-order valence-corrected chi connectivity index (χ0v) is 13.0. The maximum atomic E-state index is 13.3. The van der Waals surface area contributed by atoms with Crippen molar-refractivity contribution in [2.24, 2.45) is 0 Å². The molecule has 23 heavy (non-hydrogen) atoms. The molecule has 0 bridgehead atoms. The van der Waals surface area contributed by atoms with Crippen molar-refractivity contribution in [1.82, 2.24) is 0 Å². The maximum absolute atomic E-state index is 13.3. The topological polar surface area (TPSA) is 55.4 Å². The Morgan fingerprint density at radius 3 is 2.43 bits per heavy atom. The highest BCUT2D eigenvalue weighted by atomic mass is 35.5. The minimum absolute atomic E-state index is 0.0301. The summed E-state index contributed by atoms with van der Waals surface area (Å²) in [7, 11) is 0. The Morgan fingerprint density at radius 2 is 1.74 bits per heavy atom. The van der Waals surface area contributed by atoms with Crippen LogP contribution in [0.15, 0.2) is 48.5 Å². The zero-order valence-electron chi connectivity index (χ0n) is 12.2. The van der Waals surface area contributed by atoms with Crippen LogP contribution in [0.1, 0.15) is 19.3 Å². The van der Waals surface area contributed by atoms with Crippen molar-refractivity contribution in [3.63, 3.8) is 0 Å². The molecule has 0 saturated heterocycles. The first kappa shape index (κ1) is 17.0. The molecule has 0 aliphatic heterocycles. The quantitative estimate of drug-likeness (QED) is 0.636. The Morgan fingerprint density at radius 1 is 1.04 bits per heavy atom. The molecule has 0 aromatic heterocycles. The van der Waals surface area contributed by atoms with Gasteiger partial charge in [-0.05, 0) is 42.8 Å². The number of carbonyl (C=O) groups excluding carboxylic acids is 2. The molecule has 0 spiro atoms. The van der Waals surface area contributed by atoms with Crippen LogP contribution in [-0.2, 0) is 9.59 Å². The van der Waals surface area contributed by atoms with Crippen LogP contribution in [0.5, 0.6) is 5.75 Å². The molecule has 1 amide bonds. The van der Waals surface area contributed by atoms with E-state index in [0.29, 0.717) is 17.1 Å². The zero-order chi connectivity index (χ0) is 16.7. The van der Waals surface area contributed by atoms with Crippen LogP contribution in [0.3, 0.4) is 0 Å². The minimum atomic E-state index is -0.596. The van der Waals surface area contributed by atoms with Gasteiger partial charge >= 0.3 is 5.97 Å². The number of amides is 1.